The maximum atomic E-state index is 12.5. The molecule has 1 amide bonds. The standard InChI is InChI=1S/C16H17ClN2O/c1-12(2)19(11-13-6-4-3-5-7-13)16(20)14-8-9-15(17)18-10-14/h3-10,12H,11H2,1-2H3. The van der Waals surface area contributed by atoms with Crippen molar-refractivity contribution in [3.05, 3.63) is 64.9 Å². The molecule has 1 aromatic heterocycles. The molecule has 0 aliphatic heterocycles. The average Bonchev–Trinajstić information content (AvgIpc) is 2.45. The lowest BCUT2D eigenvalue weighted by Crippen LogP contribution is -2.36. The smallest absolute Gasteiger partial charge is 0.255 e. The van der Waals surface area contributed by atoms with Crippen LogP contribution < -0.4 is 0 Å². The zero-order valence-corrected chi connectivity index (χ0v) is 12.3. The van der Waals surface area contributed by atoms with E-state index in [4.69, 9.17) is 11.6 Å². The maximum Gasteiger partial charge on any atom is 0.255 e. The third-order valence-electron chi connectivity index (χ3n) is 3.05. The van der Waals surface area contributed by atoms with Crippen LogP contribution in [0.2, 0.25) is 5.15 Å². The lowest BCUT2D eigenvalue weighted by atomic mass is 10.1. The first-order valence-electron chi connectivity index (χ1n) is 6.54. The van der Waals surface area contributed by atoms with Crippen LogP contribution in [0.5, 0.6) is 0 Å². The molecular weight excluding hydrogens is 272 g/mol. The Morgan fingerprint density at radius 2 is 1.90 bits per heavy atom. The molecule has 20 heavy (non-hydrogen) atoms. The number of benzene rings is 1. The molecule has 0 N–H and O–H groups in total. The molecular formula is C16H17ClN2O. The number of amides is 1. The van der Waals surface area contributed by atoms with Crippen molar-refractivity contribution in [3.63, 3.8) is 0 Å². The Morgan fingerprint density at radius 3 is 2.45 bits per heavy atom. The minimum Gasteiger partial charge on any atom is -0.332 e. The summed E-state index contributed by atoms with van der Waals surface area (Å²) in [5.74, 6) is -0.0342. The number of hydrogen-bond acceptors (Lipinski definition) is 2. The first-order chi connectivity index (χ1) is 9.58. The summed E-state index contributed by atoms with van der Waals surface area (Å²) in [6.07, 6.45) is 1.52. The highest BCUT2D eigenvalue weighted by molar-refractivity contribution is 6.29. The van der Waals surface area contributed by atoms with Gasteiger partial charge >= 0.3 is 0 Å². The van der Waals surface area contributed by atoms with E-state index in [-0.39, 0.29) is 11.9 Å². The number of nitrogens with zero attached hydrogens (tertiary/aromatic N) is 2. The maximum absolute atomic E-state index is 12.5. The van der Waals surface area contributed by atoms with Gasteiger partial charge < -0.3 is 4.90 Å². The Morgan fingerprint density at radius 1 is 1.20 bits per heavy atom. The van der Waals surface area contributed by atoms with Crippen LogP contribution in [0, 0.1) is 0 Å². The highest BCUT2D eigenvalue weighted by Crippen LogP contribution is 2.14. The number of carbonyl (C=O) groups is 1. The van der Waals surface area contributed by atoms with Gasteiger partial charge in [0.1, 0.15) is 5.15 Å². The molecule has 3 nitrogen and oxygen atoms in total. The summed E-state index contributed by atoms with van der Waals surface area (Å²) < 4.78 is 0. The van der Waals surface area contributed by atoms with Crippen molar-refractivity contribution in [1.82, 2.24) is 9.88 Å². The quantitative estimate of drug-likeness (QED) is 0.802. The van der Waals surface area contributed by atoms with Gasteiger partial charge in [0, 0.05) is 18.8 Å². The van der Waals surface area contributed by atoms with Gasteiger partial charge in [-0.05, 0) is 31.5 Å². The van der Waals surface area contributed by atoms with Gasteiger partial charge in [0.25, 0.3) is 5.91 Å². The summed E-state index contributed by atoms with van der Waals surface area (Å²) >= 11 is 5.75. The van der Waals surface area contributed by atoms with E-state index < -0.39 is 0 Å². The largest absolute Gasteiger partial charge is 0.332 e. The Hall–Kier alpha value is -1.87. The molecule has 2 rings (SSSR count). The lowest BCUT2D eigenvalue weighted by Gasteiger charge is -2.27. The Balaban J connectivity index is 2.20. The van der Waals surface area contributed by atoms with Crippen molar-refractivity contribution < 1.29 is 4.79 Å². The normalized spacial score (nSPS) is 10.6. The number of halogens is 1. The van der Waals surface area contributed by atoms with Crippen molar-refractivity contribution >= 4 is 17.5 Å². The van der Waals surface area contributed by atoms with Crippen molar-refractivity contribution in [1.29, 1.82) is 0 Å². The van der Waals surface area contributed by atoms with Gasteiger partial charge in [0.2, 0.25) is 0 Å². The summed E-state index contributed by atoms with van der Waals surface area (Å²) in [6, 6.07) is 13.4. The second kappa shape index (κ2) is 6.53. The highest BCUT2D eigenvalue weighted by atomic mass is 35.5. The predicted molar refractivity (Wildman–Crippen MR) is 80.7 cm³/mol. The van der Waals surface area contributed by atoms with Crippen LogP contribution in [-0.2, 0) is 6.54 Å². The predicted octanol–water partition coefficient (Wildman–Crippen LogP) is 3.79. The molecule has 0 aliphatic rings. The van der Waals surface area contributed by atoms with Crippen LogP contribution in [-0.4, -0.2) is 21.8 Å². The van der Waals surface area contributed by atoms with E-state index in [0.717, 1.165) is 5.56 Å². The van der Waals surface area contributed by atoms with E-state index in [1.807, 2.05) is 49.1 Å². The molecule has 4 heteroatoms. The summed E-state index contributed by atoms with van der Waals surface area (Å²) in [4.78, 5) is 18.3. The van der Waals surface area contributed by atoms with Gasteiger partial charge in [-0.1, -0.05) is 41.9 Å². The van der Waals surface area contributed by atoms with Gasteiger partial charge in [-0.15, -0.1) is 0 Å². The van der Waals surface area contributed by atoms with Gasteiger partial charge in [-0.3, -0.25) is 4.79 Å². The van der Waals surface area contributed by atoms with Crippen molar-refractivity contribution in [2.45, 2.75) is 26.4 Å². The third kappa shape index (κ3) is 3.58. The second-order valence-electron chi connectivity index (χ2n) is 4.88. The topological polar surface area (TPSA) is 33.2 Å². The Labute approximate surface area is 124 Å². The first kappa shape index (κ1) is 14.5. The van der Waals surface area contributed by atoms with Crippen LogP contribution in [0.3, 0.4) is 0 Å². The molecule has 0 radical (unpaired) electrons. The minimum absolute atomic E-state index is 0.0342. The van der Waals surface area contributed by atoms with Crippen LogP contribution in [0.4, 0.5) is 0 Å². The first-order valence-corrected chi connectivity index (χ1v) is 6.92. The molecule has 1 aromatic carbocycles. The van der Waals surface area contributed by atoms with Gasteiger partial charge in [-0.2, -0.15) is 0 Å². The van der Waals surface area contributed by atoms with E-state index in [1.54, 1.807) is 12.1 Å². The summed E-state index contributed by atoms with van der Waals surface area (Å²) in [5, 5.41) is 0.390. The van der Waals surface area contributed by atoms with Gasteiger partial charge in [0.15, 0.2) is 0 Å². The summed E-state index contributed by atoms with van der Waals surface area (Å²) in [7, 11) is 0. The van der Waals surface area contributed by atoms with E-state index >= 15 is 0 Å². The zero-order chi connectivity index (χ0) is 14.5. The third-order valence-corrected chi connectivity index (χ3v) is 3.28. The van der Waals surface area contributed by atoms with Gasteiger partial charge in [-0.25, -0.2) is 4.98 Å². The summed E-state index contributed by atoms with van der Waals surface area (Å²) in [5.41, 5.74) is 1.66. The molecule has 0 fully saturated rings. The highest BCUT2D eigenvalue weighted by Gasteiger charge is 2.19. The fourth-order valence-electron chi connectivity index (χ4n) is 1.94. The Kier molecular flexibility index (Phi) is 4.74. The van der Waals surface area contributed by atoms with Gasteiger partial charge in [0.05, 0.1) is 5.56 Å². The fraction of sp³-hybridized carbons (Fsp3) is 0.250. The molecule has 2 aromatic rings. The number of pyridine rings is 1. The average molecular weight is 289 g/mol. The molecule has 0 saturated carbocycles. The number of hydrogen-bond donors (Lipinski definition) is 0. The van der Waals surface area contributed by atoms with E-state index in [1.165, 1.54) is 6.20 Å². The molecule has 0 spiro atoms. The Bertz CT molecular complexity index is 567. The minimum atomic E-state index is -0.0342. The van der Waals surface area contributed by atoms with E-state index in [2.05, 4.69) is 4.98 Å². The number of aromatic nitrogens is 1. The fourth-order valence-corrected chi connectivity index (χ4v) is 2.05. The molecule has 0 aliphatic carbocycles. The van der Waals surface area contributed by atoms with Crippen molar-refractivity contribution in [2.24, 2.45) is 0 Å². The zero-order valence-electron chi connectivity index (χ0n) is 11.6. The summed E-state index contributed by atoms with van der Waals surface area (Å²) in [6.45, 7) is 4.59. The van der Waals surface area contributed by atoms with E-state index in [9.17, 15) is 4.79 Å². The second-order valence-corrected chi connectivity index (χ2v) is 5.27. The monoisotopic (exact) mass is 288 g/mol. The van der Waals surface area contributed by atoms with Crippen molar-refractivity contribution in [2.75, 3.05) is 0 Å². The van der Waals surface area contributed by atoms with Crippen molar-refractivity contribution in [3.8, 4) is 0 Å². The molecule has 0 bridgehead atoms. The molecule has 0 unspecified atom stereocenters. The van der Waals surface area contributed by atoms with Crippen LogP contribution >= 0.6 is 11.6 Å². The lowest BCUT2D eigenvalue weighted by molar-refractivity contribution is 0.0690. The molecule has 1 heterocycles. The molecule has 104 valence electrons. The molecule has 0 saturated heterocycles. The van der Waals surface area contributed by atoms with E-state index in [0.29, 0.717) is 17.3 Å². The number of rotatable bonds is 4. The van der Waals surface area contributed by atoms with Crippen LogP contribution in [0.15, 0.2) is 48.7 Å². The molecule has 0 atom stereocenters. The number of carbonyl (C=O) groups excluding carboxylic acids is 1. The van der Waals surface area contributed by atoms with Crippen LogP contribution in [0.1, 0.15) is 29.8 Å². The van der Waals surface area contributed by atoms with Crippen LogP contribution in [0.25, 0.3) is 0 Å². The SMILES string of the molecule is CC(C)N(Cc1ccccc1)C(=O)c1ccc(Cl)nc1.